The summed E-state index contributed by atoms with van der Waals surface area (Å²) in [6, 6.07) is 13.5. The Morgan fingerprint density at radius 2 is 1.91 bits per heavy atom. The van der Waals surface area contributed by atoms with Gasteiger partial charge in [0.25, 0.3) is 5.91 Å². The molecule has 3 rings (SSSR count). The highest BCUT2D eigenvalue weighted by molar-refractivity contribution is 7.80. The van der Waals surface area contributed by atoms with Crippen LogP contribution in [-0.4, -0.2) is 35.5 Å². The second-order valence-corrected chi connectivity index (χ2v) is 8.84. The Labute approximate surface area is 198 Å². The number of halogens is 1. The van der Waals surface area contributed by atoms with Crippen LogP contribution in [0.5, 0.6) is 0 Å². The fraction of sp³-hybridized carbons (Fsp3) is 0.292. The molecule has 168 valence electrons. The fourth-order valence-corrected chi connectivity index (χ4v) is 3.65. The molecule has 0 radical (unpaired) electrons. The maximum Gasteiger partial charge on any atom is 0.338 e. The highest BCUT2D eigenvalue weighted by Crippen LogP contribution is 2.32. The summed E-state index contributed by atoms with van der Waals surface area (Å²) in [5, 5.41) is 7.17. The number of carbonyl (C=O) groups is 2. The zero-order chi connectivity index (χ0) is 23.4. The lowest BCUT2D eigenvalue weighted by molar-refractivity contribution is -0.140. The molecule has 1 heterocycles. The fourth-order valence-electron chi connectivity index (χ4n) is 3.27. The van der Waals surface area contributed by atoms with E-state index in [0.29, 0.717) is 33.6 Å². The summed E-state index contributed by atoms with van der Waals surface area (Å²) in [5.74, 6) is -0.423. The van der Waals surface area contributed by atoms with E-state index in [9.17, 15) is 9.59 Å². The van der Waals surface area contributed by atoms with Gasteiger partial charge in [0.2, 0.25) is 0 Å². The molecule has 1 amide bonds. The van der Waals surface area contributed by atoms with Crippen LogP contribution in [0, 0.1) is 5.92 Å². The van der Waals surface area contributed by atoms with E-state index in [1.54, 1.807) is 42.3 Å². The lowest BCUT2D eigenvalue weighted by Gasteiger charge is -2.35. The first-order valence-corrected chi connectivity index (χ1v) is 11.0. The maximum absolute atomic E-state index is 13.0. The number of nitrogens with one attached hydrogen (secondary N) is 2. The second-order valence-electron chi connectivity index (χ2n) is 8.02. The molecule has 2 aromatic rings. The summed E-state index contributed by atoms with van der Waals surface area (Å²) in [6.07, 6.45) is 0. The van der Waals surface area contributed by atoms with Crippen molar-refractivity contribution in [2.75, 3.05) is 19.0 Å². The number of thiocarbonyl (C=S) groups is 1. The minimum Gasteiger partial charge on any atom is -0.462 e. The van der Waals surface area contributed by atoms with Crippen molar-refractivity contribution in [2.45, 2.75) is 26.8 Å². The number of hydrogen-bond acceptors (Lipinski definition) is 4. The molecule has 6 nitrogen and oxygen atoms in total. The van der Waals surface area contributed by atoms with E-state index >= 15 is 0 Å². The predicted octanol–water partition coefficient (Wildman–Crippen LogP) is 4.93. The Morgan fingerprint density at radius 3 is 2.56 bits per heavy atom. The van der Waals surface area contributed by atoms with Gasteiger partial charge in [-0.05, 0) is 67.0 Å². The van der Waals surface area contributed by atoms with Gasteiger partial charge >= 0.3 is 5.97 Å². The van der Waals surface area contributed by atoms with Crippen LogP contribution >= 0.6 is 23.8 Å². The molecule has 0 saturated carbocycles. The van der Waals surface area contributed by atoms with Crippen molar-refractivity contribution in [1.29, 1.82) is 0 Å². The van der Waals surface area contributed by atoms with Crippen molar-refractivity contribution < 1.29 is 14.3 Å². The number of allylic oxidation sites excluding steroid dienone is 1. The highest BCUT2D eigenvalue weighted by atomic mass is 35.5. The van der Waals surface area contributed by atoms with Gasteiger partial charge in [-0.25, -0.2) is 4.79 Å². The second kappa shape index (κ2) is 10.1. The largest absolute Gasteiger partial charge is 0.462 e. The van der Waals surface area contributed by atoms with Crippen molar-refractivity contribution in [1.82, 2.24) is 10.2 Å². The number of nitrogens with zero attached hydrogens (tertiary/aromatic N) is 1. The zero-order valence-corrected chi connectivity index (χ0v) is 20.0. The summed E-state index contributed by atoms with van der Waals surface area (Å²) in [5.41, 5.74) is 3.09. The number of hydrogen-bond donors (Lipinski definition) is 2. The molecule has 0 aromatic heterocycles. The normalized spacial score (nSPS) is 16.1. The van der Waals surface area contributed by atoms with Gasteiger partial charge in [-0.2, -0.15) is 0 Å². The molecular formula is C24H26ClN3O3S. The third-order valence-electron chi connectivity index (χ3n) is 5.11. The van der Waals surface area contributed by atoms with Gasteiger partial charge in [0.05, 0.1) is 18.2 Å². The van der Waals surface area contributed by atoms with Gasteiger partial charge in [0.1, 0.15) is 0 Å². The number of benzene rings is 2. The Kier molecular flexibility index (Phi) is 7.53. The van der Waals surface area contributed by atoms with Crippen LogP contribution in [-0.2, 0) is 9.53 Å². The SMILES string of the molecule is CC1=C(C(=O)OCC(C)C)C(c2cccc(NC(=O)c3ccc(Cl)cc3)c2)NC(=S)N1C. The van der Waals surface area contributed by atoms with Crippen molar-refractivity contribution >= 4 is 46.5 Å². The van der Waals surface area contributed by atoms with E-state index in [0.717, 1.165) is 11.3 Å². The van der Waals surface area contributed by atoms with Crippen LogP contribution in [0.2, 0.25) is 5.02 Å². The molecule has 1 aliphatic heterocycles. The molecule has 1 unspecified atom stereocenters. The average molecular weight is 472 g/mol. The Balaban J connectivity index is 1.89. The summed E-state index contributed by atoms with van der Waals surface area (Å²) in [7, 11) is 1.80. The van der Waals surface area contributed by atoms with Crippen LogP contribution in [0.1, 0.15) is 42.7 Å². The summed E-state index contributed by atoms with van der Waals surface area (Å²) in [6.45, 7) is 6.14. The Morgan fingerprint density at radius 1 is 1.22 bits per heavy atom. The highest BCUT2D eigenvalue weighted by Gasteiger charge is 2.33. The van der Waals surface area contributed by atoms with E-state index in [1.807, 2.05) is 39.0 Å². The standard InChI is InChI=1S/C24H26ClN3O3S/c1-14(2)13-31-23(30)20-15(3)28(4)24(32)27-21(20)17-6-5-7-19(12-17)26-22(29)16-8-10-18(25)11-9-16/h5-12,14,21H,13H2,1-4H3,(H,26,29)(H,27,32). The summed E-state index contributed by atoms with van der Waals surface area (Å²) >= 11 is 11.4. The molecule has 2 aromatic carbocycles. The van der Waals surface area contributed by atoms with Crippen molar-refractivity contribution in [3.63, 3.8) is 0 Å². The first-order valence-electron chi connectivity index (χ1n) is 10.3. The first-order chi connectivity index (χ1) is 15.2. The molecule has 2 N–H and O–H groups in total. The molecule has 0 fully saturated rings. The lowest BCUT2D eigenvalue weighted by atomic mass is 9.94. The molecule has 32 heavy (non-hydrogen) atoms. The Hall–Kier alpha value is -2.90. The third-order valence-corrected chi connectivity index (χ3v) is 5.75. The monoisotopic (exact) mass is 471 g/mol. The van der Waals surface area contributed by atoms with Gasteiger partial charge in [0, 0.05) is 29.0 Å². The number of carbonyl (C=O) groups excluding carboxylic acids is 2. The number of rotatable bonds is 6. The van der Waals surface area contributed by atoms with Crippen LogP contribution in [0.4, 0.5) is 5.69 Å². The van der Waals surface area contributed by atoms with E-state index in [-0.39, 0.29) is 11.8 Å². The van der Waals surface area contributed by atoms with E-state index in [2.05, 4.69) is 10.6 Å². The van der Waals surface area contributed by atoms with Crippen LogP contribution in [0.3, 0.4) is 0 Å². The van der Waals surface area contributed by atoms with Crippen molar-refractivity contribution in [3.8, 4) is 0 Å². The van der Waals surface area contributed by atoms with Gasteiger partial charge < -0.3 is 20.3 Å². The average Bonchev–Trinajstić information content (AvgIpc) is 2.76. The van der Waals surface area contributed by atoms with E-state index < -0.39 is 12.0 Å². The summed E-state index contributed by atoms with van der Waals surface area (Å²) < 4.78 is 5.52. The molecule has 1 atom stereocenters. The van der Waals surface area contributed by atoms with Crippen LogP contribution in [0.15, 0.2) is 59.8 Å². The molecule has 0 bridgehead atoms. The number of esters is 1. The minimum absolute atomic E-state index is 0.222. The van der Waals surface area contributed by atoms with Gasteiger partial charge in [-0.15, -0.1) is 0 Å². The van der Waals surface area contributed by atoms with Crippen molar-refractivity contribution in [2.24, 2.45) is 5.92 Å². The minimum atomic E-state index is -0.495. The lowest BCUT2D eigenvalue weighted by Crippen LogP contribution is -2.46. The summed E-state index contributed by atoms with van der Waals surface area (Å²) in [4.78, 5) is 27.3. The number of amides is 1. The third kappa shape index (κ3) is 5.47. The van der Waals surface area contributed by atoms with E-state index in [1.165, 1.54) is 0 Å². The maximum atomic E-state index is 13.0. The van der Waals surface area contributed by atoms with Crippen LogP contribution in [0.25, 0.3) is 0 Å². The number of ether oxygens (including phenoxy) is 1. The number of anilines is 1. The predicted molar refractivity (Wildman–Crippen MR) is 131 cm³/mol. The smallest absolute Gasteiger partial charge is 0.338 e. The van der Waals surface area contributed by atoms with Gasteiger partial charge in [-0.1, -0.05) is 37.6 Å². The first kappa shape index (κ1) is 23.8. The molecule has 8 heteroatoms. The molecule has 0 aliphatic carbocycles. The van der Waals surface area contributed by atoms with Crippen LogP contribution < -0.4 is 10.6 Å². The van der Waals surface area contributed by atoms with Gasteiger partial charge in [-0.3, -0.25) is 4.79 Å². The van der Waals surface area contributed by atoms with Gasteiger partial charge in [0.15, 0.2) is 5.11 Å². The Bertz CT molecular complexity index is 1070. The van der Waals surface area contributed by atoms with E-state index in [4.69, 9.17) is 28.6 Å². The molecule has 1 aliphatic rings. The molecule has 0 saturated heterocycles. The molecular weight excluding hydrogens is 446 g/mol. The van der Waals surface area contributed by atoms with Crippen molar-refractivity contribution in [3.05, 3.63) is 76.0 Å². The topological polar surface area (TPSA) is 70.7 Å². The quantitative estimate of drug-likeness (QED) is 0.460. The zero-order valence-electron chi connectivity index (χ0n) is 18.4. The molecule has 0 spiro atoms.